The number of aromatic nitrogens is 4. The van der Waals surface area contributed by atoms with Crippen molar-refractivity contribution in [3.05, 3.63) is 66.0 Å². The first kappa shape index (κ1) is 23.1. The third-order valence-electron chi connectivity index (χ3n) is 6.00. The van der Waals surface area contributed by atoms with E-state index in [0.29, 0.717) is 34.5 Å². The second-order valence-corrected chi connectivity index (χ2v) is 10.6. The van der Waals surface area contributed by atoms with Crippen molar-refractivity contribution in [3.8, 4) is 10.4 Å². The number of hydrogen-bond donors (Lipinski definition) is 2. The van der Waals surface area contributed by atoms with Crippen LogP contribution in [0.1, 0.15) is 43.1 Å². The van der Waals surface area contributed by atoms with Gasteiger partial charge in [0.1, 0.15) is 4.83 Å². The Labute approximate surface area is 210 Å². The molecule has 0 spiro atoms. The minimum absolute atomic E-state index is 0. The quantitative estimate of drug-likeness (QED) is 0.404. The number of rotatable bonds is 7. The van der Waals surface area contributed by atoms with Crippen LogP contribution in [0.15, 0.2) is 49.2 Å². The first-order chi connectivity index (χ1) is 16.8. The summed E-state index contributed by atoms with van der Waals surface area (Å²) in [5.74, 6) is -0.512. The maximum absolute atomic E-state index is 13.1. The van der Waals surface area contributed by atoms with Gasteiger partial charge < -0.3 is 15.5 Å². The van der Waals surface area contributed by atoms with E-state index in [2.05, 4.69) is 44.4 Å². The normalized spacial score (nSPS) is 15.1. The van der Waals surface area contributed by atoms with E-state index < -0.39 is 0 Å². The Hall–Kier alpha value is -3.63. The molecule has 5 heterocycles. The molecule has 35 heavy (non-hydrogen) atoms. The molecule has 9 nitrogen and oxygen atoms in total. The monoisotopic (exact) mass is 493 g/mol. The number of aryl methyl sites for hydroxylation is 1. The van der Waals surface area contributed by atoms with Gasteiger partial charge in [-0.3, -0.25) is 19.6 Å². The Morgan fingerprint density at radius 3 is 2.77 bits per heavy atom. The number of thiazole rings is 1. The first-order valence-corrected chi connectivity index (χ1v) is 12.3. The summed E-state index contributed by atoms with van der Waals surface area (Å²) in [6, 6.07) is 5.50. The number of hydrogen-bond acceptors (Lipinski definition) is 7. The summed E-state index contributed by atoms with van der Waals surface area (Å²) in [5, 5.41) is 10.2. The van der Waals surface area contributed by atoms with Gasteiger partial charge in [0.15, 0.2) is 0 Å². The second kappa shape index (κ2) is 9.20. The van der Waals surface area contributed by atoms with Crippen LogP contribution in [-0.2, 0) is 0 Å². The van der Waals surface area contributed by atoms with E-state index in [4.69, 9.17) is 0 Å². The minimum Gasteiger partial charge on any atom is -0.351 e. The number of anilines is 1. The number of fused-ring (bicyclic) bond motifs is 1. The van der Waals surface area contributed by atoms with Crippen LogP contribution in [0.2, 0.25) is 0 Å². The molecule has 1 saturated heterocycles. The number of carbonyl (C=O) groups excluding carboxylic acids is 2. The van der Waals surface area contributed by atoms with Crippen LogP contribution in [0.5, 0.6) is 0 Å². The lowest BCUT2D eigenvalue weighted by atomic mass is 9.84. The number of nitrogens with one attached hydrogen (secondary N) is 2. The summed E-state index contributed by atoms with van der Waals surface area (Å²) in [6.45, 7) is 9.74. The molecular formula is C25H31N7O2S. The molecule has 4 aromatic rings. The average molecular weight is 494 g/mol. The third kappa shape index (κ3) is 4.94. The molecule has 184 valence electrons. The van der Waals surface area contributed by atoms with Crippen LogP contribution in [0.4, 0.5) is 5.69 Å². The molecule has 0 aliphatic carbocycles. The van der Waals surface area contributed by atoms with Crippen molar-refractivity contribution in [2.75, 3.05) is 31.5 Å². The summed E-state index contributed by atoms with van der Waals surface area (Å²) in [6.07, 6.45) is 8.46. The number of nitrogens with zero attached hydrogens (tertiary/aromatic N) is 5. The molecule has 0 radical (unpaired) electrons. The van der Waals surface area contributed by atoms with E-state index in [1.54, 1.807) is 36.1 Å². The maximum Gasteiger partial charge on any atom is 0.260 e. The van der Waals surface area contributed by atoms with E-state index >= 15 is 0 Å². The molecule has 10 heteroatoms. The van der Waals surface area contributed by atoms with Gasteiger partial charge in [-0.05, 0) is 24.5 Å². The molecule has 0 aromatic carbocycles. The van der Waals surface area contributed by atoms with Crippen molar-refractivity contribution in [1.82, 2.24) is 29.8 Å². The molecule has 1 aliphatic heterocycles. The SMILES string of the molecule is Cc1ncc(C(=O)NCCN2CC(C)(C)C2)cc1NC(=O)c1cnn2cc(-c3cccnc3)sc12.[HH].[HH]. The Kier molecular flexibility index (Phi) is 6.08. The lowest BCUT2D eigenvalue weighted by Gasteiger charge is -2.45. The summed E-state index contributed by atoms with van der Waals surface area (Å²) in [5.41, 5.74) is 3.31. The molecule has 0 saturated carbocycles. The molecule has 5 rings (SSSR count). The molecule has 1 fully saturated rings. The van der Waals surface area contributed by atoms with Crippen molar-refractivity contribution < 1.29 is 12.4 Å². The van der Waals surface area contributed by atoms with Crippen molar-refractivity contribution in [2.45, 2.75) is 20.8 Å². The highest BCUT2D eigenvalue weighted by Crippen LogP contribution is 2.30. The molecular weight excluding hydrogens is 462 g/mol. The van der Waals surface area contributed by atoms with Gasteiger partial charge in [-0.2, -0.15) is 5.10 Å². The van der Waals surface area contributed by atoms with Crippen molar-refractivity contribution in [3.63, 3.8) is 0 Å². The largest absolute Gasteiger partial charge is 0.351 e. The minimum atomic E-state index is -0.303. The number of pyridine rings is 2. The van der Waals surface area contributed by atoms with Crippen molar-refractivity contribution in [1.29, 1.82) is 0 Å². The topological polar surface area (TPSA) is 105 Å². The van der Waals surface area contributed by atoms with E-state index in [-0.39, 0.29) is 14.7 Å². The lowest BCUT2D eigenvalue weighted by molar-refractivity contribution is 0.0323. The van der Waals surface area contributed by atoms with Gasteiger partial charge in [0, 0.05) is 59.4 Å². The van der Waals surface area contributed by atoms with Gasteiger partial charge in [0.25, 0.3) is 11.8 Å². The van der Waals surface area contributed by atoms with E-state index in [9.17, 15) is 9.59 Å². The zero-order chi connectivity index (χ0) is 24.6. The summed E-state index contributed by atoms with van der Waals surface area (Å²) >= 11 is 1.47. The molecule has 1 aliphatic rings. The fourth-order valence-corrected chi connectivity index (χ4v) is 5.36. The van der Waals surface area contributed by atoms with Crippen LogP contribution >= 0.6 is 11.3 Å². The van der Waals surface area contributed by atoms with Gasteiger partial charge in [-0.1, -0.05) is 19.9 Å². The van der Waals surface area contributed by atoms with Crippen LogP contribution in [-0.4, -0.2) is 62.5 Å². The number of amides is 2. The predicted molar refractivity (Wildman–Crippen MR) is 140 cm³/mol. The summed E-state index contributed by atoms with van der Waals surface area (Å²) in [7, 11) is 0. The van der Waals surface area contributed by atoms with Gasteiger partial charge in [0.2, 0.25) is 0 Å². The van der Waals surface area contributed by atoms with Crippen LogP contribution in [0.3, 0.4) is 0 Å². The fraction of sp³-hybridized carbons (Fsp3) is 0.320. The molecule has 4 aromatic heterocycles. The Balaban J connectivity index is 0.00000190. The number of likely N-dealkylation sites (tertiary alicyclic amines) is 1. The summed E-state index contributed by atoms with van der Waals surface area (Å²) in [4.78, 5) is 38.2. The Morgan fingerprint density at radius 2 is 2.03 bits per heavy atom. The highest BCUT2D eigenvalue weighted by Gasteiger charge is 2.33. The lowest BCUT2D eigenvalue weighted by Crippen LogP contribution is -2.54. The van der Waals surface area contributed by atoms with Crippen molar-refractivity contribution >= 4 is 33.7 Å². The van der Waals surface area contributed by atoms with Crippen molar-refractivity contribution in [2.24, 2.45) is 5.41 Å². The molecule has 2 N–H and O–H groups in total. The Morgan fingerprint density at radius 1 is 1.20 bits per heavy atom. The van der Waals surface area contributed by atoms with Crippen LogP contribution in [0, 0.1) is 12.3 Å². The highest BCUT2D eigenvalue weighted by atomic mass is 32.1. The van der Waals surface area contributed by atoms with Gasteiger partial charge in [-0.15, -0.1) is 11.3 Å². The first-order valence-electron chi connectivity index (χ1n) is 11.5. The number of carbonyl (C=O) groups is 2. The van der Waals surface area contributed by atoms with Gasteiger partial charge in [-0.25, -0.2) is 4.52 Å². The maximum atomic E-state index is 13.1. The predicted octanol–water partition coefficient (Wildman–Crippen LogP) is 3.98. The molecule has 0 atom stereocenters. The highest BCUT2D eigenvalue weighted by molar-refractivity contribution is 7.21. The zero-order valence-electron chi connectivity index (χ0n) is 19.9. The van der Waals surface area contributed by atoms with Gasteiger partial charge in [0.05, 0.1) is 33.6 Å². The molecule has 0 bridgehead atoms. The summed E-state index contributed by atoms with van der Waals surface area (Å²) < 4.78 is 1.69. The second-order valence-electron chi connectivity index (χ2n) is 9.59. The Bertz CT molecular complexity index is 1400. The van der Waals surface area contributed by atoms with E-state index in [1.165, 1.54) is 17.5 Å². The standard InChI is InChI=1S/C25H27N7O2S.2H2/c1-16-20(9-18(11-28-16)22(33)27-7-8-31-14-25(2,3)15-31)30-23(34)19-12-29-32-13-21(35-24(19)32)17-5-4-6-26-10-17;;/h4-6,9-13H,7-8,14-15H2,1-3H3,(H,27,33)(H,30,34);2*1H. The van der Waals surface area contributed by atoms with Crippen LogP contribution < -0.4 is 10.6 Å². The van der Waals surface area contributed by atoms with Gasteiger partial charge >= 0.3 is 0 Å². The fourth-order valence-electron chi connectivity index (χ4n) is 4.31. The molecule has 0 unspecified atom stereocenters. The van der Waals surface area contributed by atoms with E-state index in [0.717, 1.165) is 34.9 Å². The zero-order valence-corrected chi connectivity index (χ0v) is 20.7. The average Bonchev–Trinajstić information content (AvgIpc) is 3.41. The van der Waals surface area contributed by atoms with E-state index in [1.807, 2.05) is 18.3 Å². The van der Waals surface area contributed by atoms with Crippen LogP contribution in [0.25, 0.3) is 15.3 Å². The molecule has 2 amide bonds. The smallest absolute Gasteiger partial charge is 0.260 e. The third-order valence-corrected chi connectivity index (χ3v) is 7.16.